The van der Waals surface area contributed by atoms with Crippen LogP contribution in [0.25, 0.3) is 0 Å². The van der Waals surface area contributed by atoms with Crippen LogP contribution in [0.15, 0.2) is 0 Å². The molecule has 1 rings (SSSR count). The third kappa shape index (κ3) is 6.76. The Morgan fingerprint density at radius 1 is 1.16 bits per heavy atom. The SMILES string of the molecule is COC(C)(C)CCC1CCCCC1CNCC(C)C. The second-order valence-corrected chi connectivity index (χ2v) is 7.36. The van der Waals surface area contributed by atoms with Gasteiger partial charge in [-0.15, -0.1) is 0 Å². The largest absolute Gasteiger partial charge is 0.379 e. The van der Waals surface area contributed by atoms with Gasteiger partial charge < -0.3 is 10.1 Å². The van der Waals surface area contributed by atoms with Crippen LogP contribution < -0.4 is 5.32 Å². The van der Waals surface area contributed by atoms with Crippen molar-refractivity contribution in [3.05, 3.63) is 0 Å². The summed E-state index contributed by atoms with van der Waals surface area (Å²) in [6.07, 6.45) is 8.22. The second-order valence-electron chi connectivity index (χ2n) is 7.36. The van der Waals surface area contributed by atoms with Gasteiger partial charge in [0.05, 0.1) is 5.60 Å². The van der Waals surface area contributed by atoms with Gasteiger partial charge in [0.25, 0.3) is 0 Å². The highest BCUT2D eigenvalue weighted by Crippen LogP contribution is 2.34. The van der Waals surface area contributed by atoms with E-state index in [1.165, 1.54) is 45.1 Å². The molecule has 0 amide bonds. The maximum absolute atomic E-state index is 5.56. The number of methoxy groups -OCH3 is 1. The Bertz CT molecular complexity index is 237. The molecule has 2 atom stereocenters. The molecule has 1 aliphatic rings. The molecule has 0 bridgehead atoms. The Morgan fingerprint density at radius 2 is 1.79 bits per heavy atom. The Morgan fingerprint density at radius 3 is 2.37 bits per heavy atom. The normalized spacial score (nSPS) is 24.9. The molecule has 1 aliphatic carbocycles. The van der Waals surface area contributed by atoms with Crippen molar-refractivity contribution in [3.63, 3.8) is 0 Å². The van der Waals surface area contributed by atoms with Gasteiger partial charge in [-0.25, -0.2) is 0 Å². The van der Waals surface area contributed by atoms with Crippen LogP contribution >= 0.6 is 0 Å². The minimum atomic E-state index is 0.0490. The van der Waals surface area contributed by atoms with Gasteiger partial charge in [-0.05, 0) is 64.0 Å². The van der Waals surface area contributed by atoms with Crippen molar-refractivity contribution in [3.8, 4) is 0 Å². The molecule has 0 aliphatic heterocycles. The summed E-state index contributed by atoms with van der Waals surface area (Å²) in [7, 11) is 1.84. The van der Waals surface area contributed by atoms with Gasteiger partial charge in [0, 0.05) is 7.11 Å². The summed E-state index contributed by atoms with van der Waals surface area (Å²) in [5.74, 6) is 2.55. The van der Waals surface area contributed by atoms with Gasteiger partial charge in [0.15, 0.2) is 0 Å². The molecular formula is C17H35NO. The highest BCUT2D eigenvalue weighted by atomic mass is 16.5. The molecule has 19 heavy (non-hydrogen) atoms. The van der Waals surface area contributed by atoms with Crippen molar-refractivity contribution in [1.29, 1.82) is 0 Å². The van der Waals surface area contributed by atoms with Crippen molar-refractivity contribution < 1.29 is 4.74 Å². The zero-order valence-electron chi connectivity index (χ0n) is 13.8. The number of hydrogen-bond donors (Lipinski definition) is 1. The van der Waals surface area contributed by atoms with Gasteiger partial charge in [0.1, 0.15) is 0 Å². The molecule has 0 spiro atoms. The maximum Gasteiger partial charge on any atom is 0.0622 e. The van der Waals surface area contributed by atoms with Crippen molar-refractivity contribution in [1.82, 2.24) is 5.32 Å². The van der Waals surface area contributed by atoms with E-state index in [2.05, 4.69) is 33.0 Å². The molecule has 1 fully saturated rings. The lowest BCUT2D eigenvalue weighted by molar-refractivity contribution is 0.00625. The Balaban J connectivity index is 2.35. The van der Waals surface area contributed by atoms with Crippen LogP contribution in [0, 0.1) is 17.8 Å². The van der Waals surface area contributed by atoms with Crippen molar-refractivity contribution in [2.24, 2.45) is 17.8 Å². The minimum absolute atomic E-state index is 0.0490. The third-order valence-electron chi connectivity index (χ3n) is 4.70. The van der Waals surface area contributed by atoms with E-state index in [-0.39, 0.29) is 5.60 Å². The number of nitrogens with one attached hydrogen (secondary N) is 1. The van der Waals surface area contributed by atoms with Gasteiger partial charge >= 0.3 is 0 Å². The van der Waals surface area contributed by atoms with Gasteiger partial charge in [-0.2, -0.15) is 0 Å². The molecular weight excluding hydrogens is 234 g/mol. The molecule has 0 aromatic rings. The number of rotatable bonds is 8. The van der Waals surface area contributed by atoms with Gasteiger partial charge in [-0.3, -0.25) is 0 Å². The smallest absolute Gasteiger partial charge is 0.0622 e. The van der Waals surface area contributed by atoms with E-state index in [1.54, 1.807) is 0 Å². The first-order valence-electron chi connectivity index (χ1n) is 8.20. The van der Waals surface area contributed by atoms with E-state index in [1.807, 2.05) is 7.11 Å². The molecule has 1 saturated carbocycles. The maximum atomic E-state index is 5.56. The third-order valence-corrected chi connectivity index (χ3v) is 4.70. The summed E-state index contributed by atoms with van der Waals surface area (Å²) in [4.78, 5) is 0. The zero-order chi connectivity index (χ0) is 14.3. The molecule has 2 heteroatoms. The molecule has 0 radical (unpaired) electrons. The summed E-state index contributed by atoms with van der Waals surface area (Å²) in [5, 5.41) is 3.66. The van der Waals surface area contributed by atoms with Crippen LogP contribution in [0.3, 0.4) is 0 Å². The first-order valence-corrected chi connectivity index (χ1v) is 8.20. The van der Waals surface area contributed by atoms with Gasteiger partial charge in [-0.1, -0.05) is 33.1 Å². The van der Waals surface area contributed by atoms with Crippen LogP contribution in [-0.4, -0.2) is 25.8 Å². The molecule has 1 N–H and O–H groups in total. The monoisotopic (exact) mass is 269 g/mol. The molecule has 114 valence electrons. The van der Waals surface area contributed by atoms with E-state index < -0.39 is 0 Å². The summed E-state index contributed by atoms with van der Waals surface area (Å²) in [6.45, 7) is 11.4. The first kappa shape index (κ1) is 17.0. The minimum Gasteiger partial charge on any atom is -0.379 e. The number of hydrogen-bond acceptors (Lipinski definition) is 2. The first-order chi connectivity index (χ1) is 8.94. The molecule has 0 heterocycles. The predicted molar refractivity (Wildman–Crippen MR) is 83.5 cm³/mol. The van der Waals surface area contributed by atoms with Crippen molar-refractivity contribution >= 4 is 0 Å². The van der Waals surface area contributed by atoms with Crippen LogP contribution in [0.5, 0.6) is 0 Å². The molecule has 2 nitrogen and oxygen atoms in total. The summed E-state index contributed by atoms with van der Waals surface area (Å²) in [5.41, 5.74) is 0.0490. The van der Waals surface area contributed by atoms with Crippen LogP contribution in [0.4, 0.5) is 0 Å². The lowest BCUT2D eigenvalue weighted by atomic mass is 9.75. The van der Waals surface area contributed by atoms with Gasteiger partial charge in [0.2, 0.25) is 0 Å². The molecule has 0 aromatic heterocycles. The van der Waals surface area contributed by atoms with E-state index in [0.717, 1.165) is 24.3 Å². The second kappa shape index (κ2) is 8.26. The Labute approximate surface area is 120 Å². The number of ether oxygens (including phenoxy) is 1. The van der Waals surface area contributed by atoms with Crippen LogP contribution in [0.2, 0.25) is 0 Å². The Hall–Kier alpha value is -0.0800. The van der Waals surface area contributed by atoms with Crippen molar-refractivity contribution in [2.75, 3.05) is 20.2 Å². The summed E-state index contributed by atoms with van der Waals surface area (Å²) >= 11 is 0. The quantitative estimate of drug-likeness (QED) is 0.711. The standard InChI is InChI=1S/C17H35NO/c1-14(2)12-18-13-16-9-7-6-8-15(16)10-11-17(3,4)19-5/h14-16,18H,6-13H2,1-5H3. The highest BCUT2D eigenvalue weighted by molar-refractivity contribution is 4.80. The van der Waals surface area contributed by atoms with Crippen LogP contribution in [0.1, 0.15) is 66.2 Å². The van der Waals surface area contributed by atoms with E-state index in [9.17, 15) is 0 Å². The topological polar surface area (TPSA) is 21.3 Å². The summed E-state index contributed by atoms with van der Waals surface area (Å²) in [6, 6.07) is 0. The molecule has 0 saturated heterocycles. The molecule has 2 unspecified atom stereocenters. The van der Waals surface area contributed by atoms with E-state index >= 15 is 0 Å². The zero-order valence-corrected chi connectivity index (χ0v) is 13.8. The summed E-state index contributed by atoms with van der Waals surface area (Å²) < 4.78 is 5.56. The average molecular weight is 269 g/mol. The van der Waals surface area contributed by atoms with Crippen LogP contribution in [-0.2, 0) is 4.74 Å². The Kier molecular flexibility index (Phi) is 7.38. The van der Waals surface area contributed by atoms with E-state index in [0.29, 0.717) is 0 Å². The fraction of sp³-hybridized carbons (Fsp3) is 1.00. The molecule has 0 aromatic carbocycles. The predicted octanol–water partition coefficient (Wildman–Crippen LogP) is 4.24. The van der Waals surface area contributed by atoms with E-state index in [4.69, 9.17) is 4.74 Å². The average Bonchev–Trinajstić information content (AvgIpc) is 2.37. The lowest BCUT2D eigenvalue weighted by Gasteiger charge is -2.34. The fourth-order valence-electron chi connectivity index (χ4n) is 3.13. The lowest BCUT2D eigenvalue weighted by Crippen LogP contribution is -2.33. The van der Waals surface area contributed by atoms with Crippen molar-refractivity contribution in [2.45, 2.75) is 71.8 Å². The fourth-order valence-corrected chi connectivity index (χ4v) is 3.13. The highest BCUT2D eigenvalue weighted by Gasteiger charge is 2.27.